The van der Waals surface area contributed by atoms with Crippen molar-refractivity contribution in [2.45, 2.75) is 39.7 Å². The van der Waals surface area contributed by atoms with Gasteiger partial charge in [-0.15, -0.1) is 0 Å². The monoisotopic (exact) mass is 231 g/mol. The number of nitrogens with one attached hydrogen (secondary N) is 1. The highest BCUT2D eigenvalue weighted by atomic mass is 14.9. The summed E-state index contributed by atoms with van der Waals surface area (Å²) >= 11 is 0. The summed E-state index contributed by atoms with van der Waals surface area (Å²) in [5.74, 6) is 0.792. The quantitative estimate of drug-likeness (QED) is 0.744. The number of hydrogen-bond donors (Lipinski definition) is 1. The molecule has 1 unspecified atom stereocenters. The van der Waals surface area contributed by atoms with Gasteiger partial charge in [-0.2, -0.15) is 0 Å². The molecule has 0 spiro atoms. The van der Waals surface area contributed by atoms with Crippen molar-refractivity contribution in [3.63, 3.8) is 0 Å². The minimum atomic E-state index is 0.602. The van der Waals surface area contributed by atoms with E-state index in [1.165, 1.54) is 18.4 Å². The van der Waals surface area contributed by atoms with Gasteiger partial charge in [-0.05, 0) is 18.4 Å². The van der Waals surface area contributed by atoms with E-state index in [-0.39, 0.29) is 0 Å². The van der Waals surface area contributed by atoms with E-state index >= 15 is 0 Å². The average molecular weight is 231 g/mol. The zero-order valence-electron chi connectivity index (χ0n) is 11.3. The summed E-state index contributed by atoms with van der Waals surface area (Å²) in [7, 11) is 0. The summed E-state index contributed by atoms with van der Waals surface area (Å²) in [6, 6.07) is 11.0. The standard InChI is InChI=1S/C16H25N/c1-4-16(5-2)14(3)17-13-9-12-15-10-7-6-8-11-15/h6-12,14,16-17H,4-5,13H2,1-3H3. The Morgan fingerprint density at radius 3 is 2.35 bits per heavy atom. The lowest BCUT2D eigenvalue weighted by Crippen LogP contribution is -2.33. The minimum absolute atomic E-state index is 0.602. The lowest BCUT2D eigenvalue weighted by atomic mass is 9.95. The Balaban J connectivity index is 2.30. The minimum Gasteiger partial charge on any atom is -0.311 e. The molecule has 1 aromatic rings. The lowest BCUT2D eigenvalue weighted by Gasteiger charge is -2.21. The van der Waals surface area contributed by atoms with Gasteiger partial charge in [-0.1, -0.05) is 69.2 Å². The van der Waals surface area contributed by atoms with E-state index in [2.05, 4.69) is 62.5 Å². The fourth-order valence-electron chi connectivity index (χ4n) is 2.18. The van der Waals surface area contributed by atoms with Crippen molar-refractivity contribution < 1.29 is 0 Å². The summed E-state index contributed by atoms with van der Waals surface area (Å²) in [5, 5.41) is 3.57. The lowest BCUT2D eigenvalue weighted by molar-refractivity contribution is 0.365. The molecule has 0 aromatic heterocycles. The molecule has 1 heteroatoms. The van der Waals surface area contributed by atoms with Crippen molar-refractivity contribution in [1.29, 1.82) is 0 Å². The molecular formula is C16H25N. The fraction of sp³-hybridized carbons (Fsp3) is 0.500. The van der Waals surface area contributed by atoms with E-state index in [4.69, 9.17) is 0 Å². The largest absolute Gasteiger partial charge is 0.311 e. The maximum atomic E-state index is 3.57. The third-order valence-electron chi connectivity index (χ3n) is 3.42. The number of rotatable bonds is 7. The summed E-state index contributed by atoms with van der Waals surface area (Å²) in [6.07, 6.45) is 6.89. The Bertz CT molecular complexity index is 312. The van der Waals surface area contributed by atoms with Crippen molar-refractivity contribution in [1.82, 2.24) is 5.32 Å². The third-order valence-corrected chi connectivity index (χ3v) is 3.42. The van der Waals surface area contributed by atoms with Crippen LogP contribution in [0.1, 0.15) is 39.2 Å². The second kappa shape index (κ2) is 8.08. The molecule has 1 atom stereocenters. The molecule has 0 fully saturated rings. The van der Waals surface area contributed by atoms with Crippen LogP contribution in [0, 0.1) is 5.92 Å². The van der Waals surface area contributed by atoms with Crippen LogP contribution < -0.4 is 5.32 Å². The van der Waals surface area contributed by atoms with E-state index in [9.17, 15) is 0 Å². The molecular weight excluding hydrogens is 206 g/mol. The van der Waals surface area contributed by atoms with Crippen LogP contribution >= 0.6 is 0 Å². The van der Waals surface area contributed by atoms with Crippen LogP contribution in [0.3, 0.4) is 0 Å². The van der Waals surface area contributed by atoms with Crippen molar-refractivity contribution in [3.05, 3.63) is 42.0 Å². The van der Waals surface area contributed by atoms with E-state index in [1.807, 2.05) is 6.07 Å². The van der Waals surface area contributed by atoms with Crippen LogP contribution in [0.25, 0.3) is 6.08 Å². The maximum Gasteiger partial charge on any atom is 0.0140 e. The summed E-state index contributed by atoms with van der Waals surface area (Å²) < 4.78 is 0. The van der Waals surface area contributed by atoms with Crippen molar-refractivity contribution in [2.24, 2.45) is 5.92 Å². The Labute approximate surface area is 106 Å². The Kier molecular flexibility index (Phi) is 6.64. The van der Waals surface area contributed by atoms with Crippen LogP contribution in [0.15, 0.2) is 36.4 Å². The molecule has 0 saturated heterocycles. The molecule has 17 heavy (non-hydrogen) atoms. The first-order valence-corrected chi connectivity index (χ1v) is 6.72. The highest BCUT2D eigenvalue weighted by Crippen LogP contribution is 2.12. The molecule has 1 nitrogen and oxygen atoms in total. The van der Waals surface area contributed by atoms with E-state index < -0.39 is 0 Å². The normalized spacial score (nSPS) is 13.4. The molecule has 0 aliphatic heterocycles. The van der Waals surface area contributed by atoms with Gasteiger partial charge in [0.05, 0.1) is 0 Å². The first kappa shape index (κ1) is 14.0. The predicted octanol–water partition coefficient (Wildman–Crippen LogP) is 4.11. The summed E-state index contributed by atoms with van der Waals surface area (Å²) in [5.41, 5.74) is 1.27. The molecule has 0 amide bonds. The van der Waals surface area contributed by atoms with E-state index in [0.29, 0.717) is 6.04 Å². The van der Waals surface area contributed by atoms with Gasteiger partial charge in [0.1, 0.15) is 0 Å². The van der Waals surface area contributed by atoms with Crippen molar-refractivity contribution in [2.75, 3.05) is 6.54 Å². The second-order valence-electron chi connectivity index (χ2n) is 4.59. The predicted molar refractivity (Wildman–Crippen MR) is 77.0 cm³/mol. The number of hydrogen-bond acceptors (Lipinski definition) is 1. The van der Waals surface area contributed by atoms with Crippen LogP contribution in [0.2, 0.25) is 0 Å². The first-order chi connectivity index (χ1) is 8.27. The summed E-state index contributed by atoms with van der Waals surface area (Å²) in [6.45, 7) is 7.78. The topological polar surface area (TPSA) is 12.0 Å². The highest BCUT2D eigenvalue weighted by molar-refractivity contribution is 5.48. The molecule has 94 valence electrons. The van der Waals surface area contributed by atoms with Crippen LogP contribution in [0.5, 0.6) is 0 Å². The highest BCUT2D eigenvalue weighted by Gasteiger charge is 2.11. The third kappa shape index (κ3) is 5.18. The Morgan fingerprint density at radius 2 is 1.76 bits per heavy atom. The fourth-order valence-corrected chi connectivity index (χ4v) is 2.18. The van der Waals surface area contributed by atoms with Crippen molar-refractivity contribution in [3.8, 4) is 0 Å². The van der Waals surface area contributed by atoms with Gasteiger partial charge in [-0.25, -0.2) is 0 Å². The Hall–Kier alpha value is -1.08. The molecule has 0 aliphatic rings. The van der Waals surface area contributed by atoms with Crippen molar-refractivity contribution >= 4 is 6.08 Å². The molecule has 1 aromatic carbocycles. The molecule has 0 aliphatic carbocycles. The SMILES string of the molecule is CCC(CC)C(C)NCC=Cc1ccccc1. The maximum absolute atomic E-state index is 3.57. The Morgan fingerprint density at radius 1 is 1.12 bits per heavy atom. The smallest absolute Gasteiger partial charge is 0.0140 e. The average Bonchev–Trinajstić information content (AvgIpc) is 2.37. The number of benzene rings is 1. The molecule has 0 bridgehead atoms. The van der Waals surface area contributed by atoms with Gasteiger partial charge in [0, 0.05) is 12.6 Å². The van der Waals surface area contributed by atoms with Gasteiger partial charge in [0.2, 0.25) is 0 Å². The molecule has 1 rings (SSSR count). The van der Waals surface area contributed by atoms with Gasteiger partial charge >= 0.3 is 0 Å². The molecule has 0 heterocycles. The van der Waals surface area contributed by atoms with E-state index in [1.54, 1.807) is 0 Å². The van der Waals surface area contributed by atoms with Gasteiger partial charge in [0.25, 0.3) is 0 Å². The van der Waals surface area contributed by atoms with Gasteiger partial charge in [-0.3, -0.25) is 0 Å². The van der Waals surface area contributed by atoms with Crippen LogP contribution in [-0.2, 0) is 0 Å². The van der Waals surface area contributed by atoms with Gasteiger partial charge < -0.3 is 5.32 Å². The first-order valence-electron chi connectivity index (χ1n) is 6.72. The second-order valence-corrected chi connectivity index (χ2v) is 4.59. The summed E-state index contributed by atoms with van der Waals surface area (Å²) in [4.78, 5) is 0. The van der Waals surface area contributed by atoms with Gasteiger partial charge in [0.15, 0.2) is 0 Å². The zero-order valence-corrected chi connectivity index (χ0v) is 11.3. The van der Waals surface area contributed by atoms with E-state index in [0.717, 1.165) is 12.5 Å². The molecule has 0 saturated carbocycles. The van der Waals surface area contributed by atoms with Crippen LogP contribution in [0.4, 0.5) is 0 Å². The zero-order chi connectivity index (χ0) is 12.5. The van der Waals surface area contributed by atoms with Crippen LogP contribution in [-0.4, -0.2) is 12.6 Å². The molecule has 0 radical (unpaired) electrons. The molecule has 1 N–H and O–H groups in total.